The van der Waals surface area contributed by atoms with E-state index in [0.717, 1.165) is 18.9 Å². The second kappa shape index (κ2) is 4.82. The minimum Gasteiger partial charge on any atom is -0.243 e. The molecule has 0 N–H and O–H groups in total. The summed E-state index contributed by atoms with van der Waals surface area (Å²) >= 11 is 0. The molecular weight excluding hydrogens is 103 g/mol. The zero-order chi connectivity index (χ0) is 6.41. The Kier molecular flexibility index (Phi) is 4.62. The average Bonchev–Trinajstić information content (AvgIpc) is 1.83. The van der Waals surface area contributed by atoms with Crippen molar-refractivity contribution in [2.75, 3.05) is 0 Å². The third kappa shape index (κ3) is 3.85. The van der Waals surface area contributed by atoms with Crippen LogP contribution in [0.1, 0.15) is 26.2 Å². The van der Waals surface area contributed by atoms with Gasteiger partial charge in [-0.1, -0.05) is 32.4 Å². The van der Waals surface area contributed by atoms with Crippen molar-refractivity contribution < 1.29 is 4.39 Å². The molecule has 0 aliphatic heterocycles. The number of hydrogen-bond donors (Lipinski definition) is 0. The Morgan fingerprint density at radius 2 is 2.38 bits per heavy atom. The Hall–Kier alpha value is -0.330. The normalized spacial score (nSPS) is 13.2. The van der Waals surface area contributed by atoms with E-state index >= 15 is 0 Å². The molecule has 0 amide bonds. The molecular formula is C7H12F. The quantitative estimate of drug-likeness (QED) is 0.528. The lowest BCUT2D eigenvalue weighted by atomic mass is 10.2. The molecule has 0 rings (SSSR count). The molecule has 0 bridgehead atoms. The molecule has 8 heavy (non-hydrogen) atoms. The highest BCUT2D eigenvalue weighted by Gasteiger charge is 1.96. The van der Waals surface area contributed by atoms with Crippen LogP contribution in [0.3, 0.4) is 0 Å². The fourth-order valence-electron chi connectivity index (χ4n) is 0.495. The fraction of sp³-hybridized carbons (Fsp3) is 0.714. The van der Waals surface area contributed by atoms with E-state index in [4.69, 9.17) is 6.58 Å². The molecule has 1 heteroatoms. The number of halogens is 1. The van der Waals surface area contributed by atoms with Gasteiger partial charge in [0.25, 0.3) is 0 Å². The predicted molar refractivity (Wildman–Crippen MR) is 33.3 cm³/mol. The van der Waals surface area contributed by atoms with E-state index in [9.17, 15) is 4.39 Å². The van der Waals surface area contributed by atoms with Gasteiger partial charge in [-0.25, -0.2) is 4.39 Å². The first-order chi connectivity index (χ1) is 3.81. The van der Waals surface area contributed by atoms with Gasteiger partial charge < -0.3 is 0 Å². The van der Waals surface area contributed by atoms with Crippen molar-refractivity contribution in [2.24, 2.45) is 0 Å². The highest BCUT2D eigenvalue weighted by atomic mass is 19.1. The molecule has 47 valence electrons. The van der Waals surface area contributed by atoms with Crippen molar-refractivity contribution in [3.05, 3.63) is 12.7 Å². The number of allylic oxidation sites excluding steroid dienone is 1. The first-order valence-corrected chi connectivity index (χ1v) is 3.00. The molecule has 0 heterocycles. The van der Waals surface area contributed by atoms with E-state index in [-0.39, 0.29) is 0 Å². The Labute approximate surface area is 50.4 Å². The molecule has 1 radical (unpaired) electrons. The van der Waals surface area contributed by atoms with E-state index < -0.39 is 6.17 Å². The maximum atomic E-state index is 12.1. The summed E-state index contributed by atoms with van der Waals surface area (Å²) in [5.41, 5.74) is 0. The van der Waals surface area contributed by atoms with Gasteiger partial charge in [0.05, 0.1) is 0 Å². The summed E-state index contributed by atoms with van der Waals surface area (Å²) in [6, 6.07) is 0. The fourth-order valence-corrected chi connectivity index (χ4v) is 0.495. The van der Waals surface area contributed by atoms with Crippen molar-refractivity contribution in [3.8, 4) is 0 Å². The minimum atomic E-state index is -0.894. The molecule has 0 aromatic heterocycles. The Morgan fingerprint density at radius 3 is 2.75 bits per heavy atom. The number of unbranched alkanes of at least 4 members (excludes halogenated alkanes) is 1. The largest absolute Gasteiger partial charge is 0.243 e. The standard InChI is InChI=1S/C7H12F/c1-3-5-6-7(8)4-2/h2,4,7H,3,5-6H2,1H3. The van der Waals surface area contributed by atoms with Crippen LogP contribution in [-0.2, 0) is 0 Å². The van der Waals surface area contributed by atoms with Crippen molar-refractivity contribution in [1.82, 2.24) is 0 Å². The molecule has 1 atom stereocenters. The van der Waals surface area contributed by atoms with E-state index in [1.807, 2.05) is 6.92 Å². The van der Waals surface area contributed by atoms with E-state index in [0.29, 0.717) is 6.42 Å². The third-order valence-electron chi connectivity index (χ3n) is 1.04. The highest BCUT2D eigenvalue weighted by molar-refractivity contribution is 4.74. The maximum absolute atomic E-state index is 12.1. The monoisotopic (exact) mass is 115 g/mol. The molecule has 0 aromatic rings. The van der Waals surface area contributed by atoms with Crippen LogP contribution in [0.4, 0.5) is 4.39 Å². The molecule has 0 aliphatic carbocycles. The summed E-state index contributed by atoms with van der Waals surface area (Å²) in [7, 11) is 0. The molecule has 0 nitrogen and oxygen atoms in total. The summed E-state index contributed by atoms with van der Waals surface area (Å²) in [4.78, 5) is 0. The predicted octanol–water partition coefficient (Wildman–Crippen LogP) is 2.50. The molecule has 0 aromatic carbocycles. The summed E-state index contributed by atoms with van der Waals surface area (Å²) in [6.07, 6.45) is 2.75. The van der Waals surface area contributed by atoms with Gasteiger partial charge in [-0.05, 0) is 6.42 Å². The number of hydrogen-bond acceptors (Lipinski definition) is 0. The van der Waals surface area contributed by atoms with Crippen molar-refractivity contribution in [1.29, 1.82) is 0 Å². The Bertz CT molecular complexity index is 59.4. The zero-order valence-corrected chi connectivity index (χ0v) is 5.23. The lowest BCUT2D eigenvalue weighted by Gasteiger charge is -1.97. The summed E-state index contributed by atoms with van der Waals surface area (Å²) < 4.78 is 12.1. The van der Waals surface area contributed by atoms with Crippen LogP contribution in [0.15, 0.2) is 6.08 Å². The smallest absolute Gasteiger partial charge is 0.119 e. The van der Waals surface area contributed by atoms with Crippen LogP contribution in [-0.4, -0.2) is 6.17 Å². The zero-order valence-electron chi connectivity index (χ0n) is 5.23. The van der Waals surface area contributed by atoms with Gasteiger partial charge >= 0.3 is 0 Å². The molecule has 0 spiro atoms. The van der Waals surface area contributed by atoms with Crippen molar-refractivity contribution in [3.63, 3.8) is 0 Å². The van der Waals surface area contributed by atoms with Crippen LogP contribution in [0, 0.1) is 6.58 Å². The van der Waals surface area contributed by atoms with Gasteiger partial charge in [0, 0.05) is 0 Å². The van der Waals surface area contributed by atoms with Gasteiger partial charge in [-0.2, -0.15) is 0 Å². The van der Waals surface area contributed by atoms with Crippen molar-refractivity contribution >= 4 is 0 Å². The molecule has 0 fully saturated rings. The number of rotatable bonds is 4. The van der Waals surface area contributed by atoms with E-state index in [1.54, 1.807) is 0 Å². The van der Waals surface area contributed by atoms with Gasteiger partial charge in [-0.3, -0.25) is 0 Å². The van der Waals surface area contributed by atoms with Gasteiger partial charge in [0.1, 0.15) is 6.17 Å². The van der Waals surface area contributed by atoms with Crippen LogP contribution >= 0.6 is 0 Å². The first kappa shape index (κ1) is 7.67. The SMILES string of the molecule is [CH]=CC(F)CCCC. The lowest BCUT2D eigenvalue weighted by molar-refractivity contribution is 0.369. The molecule has 0 saturated heterocycles. The van der Waals surface area contributed by atoms with Gasteiger partial charge in [0.2, 0.25) is 0 Å². The van der Waals surface area contributed by atoms with Crippen LogP contribution < -0.4 is 0 Å². The van der Waals surface area contributed by atoms with Crippen LogP contribution in [0.2, 0.25) is 0 Å². The maximum Gasteiger partial charge on any atom is 0.119 e. The second-order valence-electron chi connectivity index (χ2n) is 1.85. The average molecular weight is 115 g/mol. The summed E-state index contributed by atoms with van der Waals surface area (Å²) in [5, 5.41) is 0. The molecule has 0 saturated carbocycles. The van der Waals surface area contributed by atoms with Gasteiger partial charge in [-0.15, -0.1) is 0 Å². The second-order valence-corrected chi connectivity index (χ2v) is 1.85. The topological polar surface area (TPSA) is 0 Å². The molecule has 1 unspecified atom stereocenters. The summed E-state index contributed by atoms with van der Waals surface area (Å²) in [6.45, 7) is 6.94. The van der Waals surface area contributed by atoms with Crippen LogP contribution in [0.5, 0.6) is 0 Å². The van der Waals surface area contributed by atoms with E-state index in [1.165, 1.54) is 0 Å². The van der Waals surface area contributed by atoms with Gasteiger partial charge in [0.15, 0.2) is 0 Å². The minimum absolute atomic E-state index is 0.576. The summed E-state index contributed by atoms with van der Waals surface area (Å²) in [5.74, 6) is 0. The van der Waals surface area contributed by atoms with E-state index in [2.05, 4.69) is 0 Å². The Morgan fingerprint density at radius 1 is 1.75 bits per heavy atom. The lowest BCUT2D eigenvalue weighted by Crippen LogP contribution is -1.92. The van der Waals surface area contributed by atoms with Crippen molar-refractivity contribution in [2.45, 2.75) is 32.4 Å². The molecule has 0 aliphatic rings. The number of alkyl halides is 1. The third-order valence-corrected chi connectivity index (χ3v) is 1.04. The Balaban J connectivity index is 2.98. The van der Waals surface area contributed by atoms with Crippen LogP contribution in [0.25, 0.3) is 0 Å². The highest BCUT2D eigenvalue weighted by Crippen LogP contribution is 2.03. The first-order valence-electron chi connectivity index (χ1n) is 3.00.